The highest BCUT2D eigenvalue weighted by Gasteiger charge is 2.37. The van der Waals surface area contributed by atoms with Gasteiger partial charge in [0.15, 0.2) is 0 Å². The van der Waals surface area contributed by atoms with Crippen LogP contribution in [-0.4, -0.2) is 28.6 Å². The van der Waals surface area contributed by atoms with Crippen molar-refractivity contribution in [3.63, 3.8) is 0 Å². The lowest BCUT2D eigenvalue weighted by molar-refractivity contribution is 0.0533. The van der Waals surface area contributed by atoms with Crippen LogP contribution in [0, 0.1) is 17.1 Å². The van der Waals surface area contributed by atoms with Gasteiger partial charge in [0.05, 0.1) is 34.7 Å². The number of ether oxygens (including phenoxy) is 1. The van der Waals surface area contributed by atoms with Crippen LogP contribution in [0.3, 0.4) is 0 Å². The van der Waals surface area contributed by atoms with E-state index in [1.54, 1.807) is 25.1 Å². The van der Waals surface area contributed by atoms with Gasteiger partial charge in [0.25, 0.3) is 0 Å². The number of carbonyl (C=O) groups excluding carboxylic acids is 2. The Labute approximate surface area is 216 Å². The summed E-state index contributed by atoms with van der Waals surface area (Å²) >= 11 is 3.21. The fraction of sp³-hybridized carbons (Fsp3) is 0.125. The topological polar surface area (TPSA) is 108 Å². The van der Waals surface area contributed by atoms with Crippen LogP contribution < -0.4 is 10.2 Å². The van der Waals surface area contributed by atoms with Gasteiger partial charge in [-0.2, -0.15) is 5.26 Å². The zero-order valence-corrected chi connectivity index (χ0v) is 21.1. The molecule has 11 heteroatoms. The molecular formula is C24H15FIN5O3S. The molecule has 1 aromatic carbocycles. The van der Waals surface area contributed by atoms with Gasteiger partial charge in [-0.3, -0.25) is 9.88 Å². The van der Waals surface area contributed by atoms with Gasteiger partial charge in [-0.15, -0.1) is 11.3 Å². The number of carbonyl (C=O) groups is 2. The highest BCUT2D eigenvalue weighted by atomic mass is 127. The molecule has 4 aromatic rings. The first kappa shape index (κ1) is 23.1. The summed E-state index contributed by atoms with van der Waals surface area (Å²) in [4.78, 5) is 36.8. The lowest BCUT2D eigenvalue weighted by Gasteiger charge is -2.29. The van der Waals surface area contributed by atoms with Gasteiger partial charge >= 0.3 is 12.0 Å². The van der Waals surface area contributed by atoms with E-state index in [2.05, 4.69) is 39.0 Å². The number of alkyl halides is 1. The number of thiophene rings is 1. The second kappa shape index (κ2) is 9.20. The SMILES string of the molecule is CCOC(=O)c1sc2nc(-c3cc(F)ccc3CI)c(C#N)c3c2c1NC(=O)N3c1ccncc1. The van der Waals surface area contributed by atoms with Crippen molar-refractivity contribution in [1.82, 2.24) is 9.97 Å². The standard InChI is InChI=1S/C24H15FIN5O3S/c1-2-34-23(32)21-19-17-20(31(24(33)30-19)14-5-7-28-8-6-14)16(11-27)18(29-22(17)35-21)15-9-13(25)4-3-12(15)10-26/h3-9H,2,10H2,1H3,(H,30,33). The molecule has 8 nitrogen and oxygen atoms in total. The largest absolute Gasteiger partial charge is 0.462 e. The number of nitriles is 1. The van der Waals surface area contributed by atoms with Crippen LogP contribution in [0.15, 0.2) is 42.7 Å². The summed E-state index contributed by atoms with van der Waals surface area (Å²) < 4.78 is 20.1. The minimum absolute atomic E-state index is 0.0929. The third-order valence-electron chi connectivity index (χ3n) is 5.44. The van der Waals surface area contributed by atoms with Crippen LogP contribution >= 0.6 is 33.9 Å². The van der Waals surface area contributed by atoms with Crippen molar-refractivity contribution in [1.29, 1.82) is 5.26 Å². The maximum atomic E-state index is 14.3. The molecule has 0 saturated carbocycles. The van der Waals surface area contributed by atoms with E-state index >= 15 is 0 Å². The summed E-state index contributed by atoms with van der Waals surface area (Å²) in [6, 6.07) is 9.22. The predicted molar refractivity (Wildman–Crippen MR) is 139 cm³/mol. The summed E-state index contributed by atoms with van der Waals surface area (Å²) in [5.41, 5.74) is 2.54. The van der Waals surface area contributed by atoms with E-state index in [0.717, 1.165) is 16.9 Å². The molecule has 0 radical (unpaired) electrons. The molecule has 1 N–H and O–H groups in total. The van der Waals surface area contributed by atoms with E-state index in [0.29, 0.717) is 25.9 Å². The number of hydrogen-bond donors (Lipinski definition) is 1. The number of halogens is 2. The number of benzene rings is 1. The lowest BCUT2D eigenvalue weighted by Crippen LogP contribution is -2.35. The molecular weight excluding hydrogens is 584 g/mol. The summed E-state index contributed by atoms with van der Waals surface area (Å²) in [5, 5.41) is 13.5. The molecule has 1 aliphatic heterocycles. The molecule has 0 bridgehead atoms. The van der Waals surface area contributed by atoms with Crippen molar-refractivity contribution >= 4 is 73.2 Å². The average molecular weight is 599 g/mol. The third-order valence-corrected chi connectivity index (χ3v) is 7.32. The predicted octanol–water partition coefficient (Wildman–Crippen LogP) is 6.16. The first-order chi connectivity index (χ1) is 17.0. The maximum absolute atomic E-state index is 14.3. The number of pyridine rings is 2. The van der Waals surface area contributed by atoms with Gasteiger partial charge < -0.3 is 10.1 Å². The molecule has 4 heterocycles. The Hall–Kier alpha value is -3.63. The minimum Gasteiger partial charge on any atom is -0.462 e. The number of aromatic nitrogens is 2. The number of nitrogens with one attached hydrogen (secondary N) is 1. The van der Waals surface area contributed by atoms with Gasteiger partial charge in [-0.25, -0.2) is 19.0 Å². The van der Waals surface area contributed by atoms with E-state index < -0.39 is 17.8 Å². The minimum atomic E-state index is -0.604. The number of nitrogens with zero attached hydrogens (tertiary/aromatic N) is 4. The Morgan fingerprint density at radius 2 is 2.09 bits per heavy atom. The molecule has 3 aromatic heterocycles. The lowest BCUT2D eigenvalue weighted by atomic mass is 9.97. The van der Waals surface area contributed by atoms with Gasteiger partial charge in [0.2, 0.25) is 0 Å². The van der Waals surface area contributed by atoms with E-state index in [9.17, 15) is 19.2 Å². The normalized spacial score (nSPS) is 12.4. The monoisotopic (exact) mass is 599 g/mol. The van der Waals surface area contributed by atoms with Gasteiger partial charge in [-0.05, 0) is 36.8 Å². The van der Waals surface area contributed by atoms with Crippen LogP contribution in [0.5, 0.6) is 0 Å². The van der Waals surface area contributed by atoms with Crippen LogP contribution in [0.25, 0.3) is 21.5 Å². The third kappa shape index (κ3) is 3.78. The number of urea groups is 1. The molecule has 2 amide bonds. The van der Waals surface area contributed by atoms with Crippen LogP contribution in [0.2, 0.25) is 0 Å². The van der Waals surface area contributed by atoms with Crippen molar-refractivity contribution in [2.24, 2.45) is 0 Å². The van der Waals surface area contributed by atoms with Crippen molar-refractivity contribution in [2.45, 2.75) is 11.4 Å². The Bertz CT molecular complexity index is 1550. The molecule has 0 aliphatic carbocycles. The zero-order chi connectivity index (χ0) is 24.7. The van der Waals surface area contributed by atoms with E-state index in [4.69, 9.17) is 9.72 Å². The molecule has 0 fully saturated rings. The zero-order valence-electron chi connectivity index (χ0n) is 18.1. The van der Waals surface area contributed by atoms with E-state index in [1.165, 1.54) is 29.4 Å². The summed E-state index contributed by atoms with van der Waals surface area (Å²) in [5.74, 6) is -1.08. The summed E-state index contributed by atoms with van der Waals surface area (Å²) in [6.07, 6.45) is 3.06. The quantitative estimate of drug-likeness (QED) is 0.167. The molecule has 174 valence electrons. The van der Waals surface area contributed by atoms with Crippen LogP contribution in [0.1, 0.15) is 27.7 Å². The maximum Gasteiger partial charge on any atom is 0.350 e. The van der Waals surface area contributed by atoms with Crippen molar-refractivity contribution < 1.29 is 18.7 Å². The average Bonchev–Trinajstić information content (AvgIpc) is 3.23. The Morgan fingerprint density at radius 3 is 2.77 bits per heavy atom. The smallest absolute Gasteiger partial charge is 0.350 e. The second-order valence-electron chi connectivity index (χ2n) is 7.41. The van der Waals surface area contributed by atoms with E-state index in [1.807, 2.05) is 0 Å². The molecule has 0 saturated heterocycles. The first-order valence-electron chi connectivity index (χ1n) is 10.4. The van der Waals surface area contributed by atoms with Crippen molar-refractivity contribution in [3.8, 4) is 17.3 Å². The molecule has 0 atom stereocenters. The molecule has 5 rings (SSSR count). The number of esters is 1. The highest BCUT2D eigenvalue weighted by Crippen LogP contribution is 2.50. The Balaban J connectivity index is 1.92. The Kier molecular flexibility index (Phi) is 6.08. The summed E-state index contributed by atoms with van der Waals surface area (Å²) in [6.45, 7) is 1.84. The van der Waals surface area contributed by atoms with Crippen LogP contribution in [-0.2, 0) is 9.16 Å². The number of rotatable bonds is 5. The highest BCUT2D eigenvalue weighted by molar-refractivity contribution is 14.1. The second-order valence-corrected chi connectivity index (χ2v) is 9.17. The van der Waals surface area contributed by atoms with Gasteiger partial charge in [-0.1, -0.05) is 28.7 Å². The van der Waals surface area contributed by atoms with Crippen molar-refractivity contribution in [3.05, 3.63) is 64.5 Å². The molecule has 0 unspecified atom stereocenters. The molecule has 35 heavy (non-hydrogen) atoms. The number of amides is 2. The summed E-state index contributed by atoms with van der Waals surface area (Å²) in [7, 11) is 0. The molecule has 1 aliphatic rings. The molecule has 0 spiro atoms. The van der Waals surface area contributed by atoms with E-state index in [-0.39, 0.29) is 34.1 Å². The van der Waals surface area contributed by atoms with Crippen molar-refractivity contribution in [2.75, 3.05) is 16.8 Å². The first-order valence-corrected chi connectivity index (χ1v) is 12.8. The number of hydrogen-bond acceptors (Lipinski definition) is 7. The van der Waals surface area contributed by atoms with Gasteiger partial charge in [0, 0.05) is 22.4 Å². The Morgan fingerprint density at radius 1 is 1.31 bits per heavy atom. The number of anilines is 3. The van der Waals surface area contributed by atoms with Gasteiger partial charge in [0.1, 0.15) is 27.2 Å². The fourth-order valence-electron chi connectivity index (χ4n) is 3.99. The van der Waals surface area contributed by atoms with Crippen LogP contribution in [0.4, 0.5) is 26.2 Å². The fourth-order valence-corrected chi connectivity index (χ4v) is 5.68.